The quantitative estimate of drug-likeness (QED) is 0.765. The summed E-state index contributed by atoms with van der Waals surface area (Å²) in [6.07, 6.45) is 0.882. The van der Waals surface area contributed by atoms with Gasteiger partial charge < -0.3 is 10.4 Å². The summed E-state index contributed by atoms with van der Waals surface area (Å²) in [5, 5.41) is 21.3. The molecule has 0 aliphatic carbocycles. The first kappa shape index (κ1) is 15.9. The summed E-state index contributed by atoms with van der Waals surface area (Å²) in [7, 11) is 1.91. The number of nitrogens with one attached hydrogen (secondary N) is 1. The van der Waals surface area contributed by atoms with Gasteiger partial charge in [0.1, 0.15) is 11.4 Å². The van der Waals surface area contributed by atoms with Crippen molar-refractivity contribution in [3.8, 4) is 5.75 Å². The fraction of sp³-hybridized carbons (Fsp3) is 0.222. The molecule has 0 amide bonds. The first-order valence-electron chi connectivity index (χ1n) is 7.24. The molecule has 22 heavy (non-hydrogen) atoms. The Balaban J connectivity index is 2.16. The lowest BCUT2D eigenvalue weighted by atomic mass is 10.1. The number of benzene rings is 2. The third kappa shape index (κ3) is 4.27. The molecule has 0 atom stereocenters. The third-order valence-corrected chi connectivity index (χ3v) is 3.34. The summed E-state index contributed by atoms with van der Waals surface area (Å²) in [5.41, 5.74) is 4.43. The molecule has 2 rings (SSSR count). The van der Waals surface area contributed by atoms with E-state index in [2.05, 4.69) is 22.1 Å². The molecule has 2 aromatic rings. The summed E-state index contributed by atoms with van der Waals surface area (Å²) in [5.74, 6) is 0.135. The Morgan fingerprint density at radius 3 is 2.50 bits per heavy atom. The Bertz CT molecular complexity index is 675. The summed E-state index contributed by atoms with van der Waals surface area (Å²) < 4.78 is 0. The number of phenolic OH excluding ortho intramolecular Hbond substituents is 1. The number of aromatic hydroxyl groups is 1. The zero-order valence-electron chi connectivity index (χ0n) is 13.0. The number of azo groups is 1. The Labute approximate surface area is 131 Å². The Morgan fingerprint density at radius 2 is 1.86 bits per heavy atom. The Morgan fingerprint density at radius 1 is 1.14 bits per heavy atom. The molecule has 0 saturated carbocycles. The first-order chi connectivity index (χ1) is 10.6. The van der Waals surface area contributed by atoms with Crippen molar-refractivity contribution in [3.05, 3.63) is 60.2 Å². The number of nitrogens with zero attached hydrogens (tertiary/aromatic N) is 2. The van der Waals surface area contributed by atoms with Gasteiger partial charge in [-0.25, -0.2) is 0 Å². The van der Waals surface area contributed by atoms with Gasteiger partial charge >= 0.3 is 0 Å². The molecule has 0 spiro atoms. The average molecular weight is 295 g/mol. The van der Waals surface area contributed by atoms with Crippen LogP contribution in [-0.4, -0.2) is 18.7 Å². The van der Waals surface area contributed by atoms with Crippen LogP contribution in [0.3, 0.4) is 0 Å². The molecule has 0 saturated heterocycles. The maximum atomic E-state index is 9.87. The van der Waals surface area contributed by atoms with Crippen LogP contribution in [0.4, 0.5) is 11.4 Å². The van der Waals surface area contributed by atoms with Gasteiger partial charge in [-0.05, 0) is 62.3 Å². The minimum atomic E-state index is 0.135. The van der Waals surface area contributed by atoms with Crippen molar-refractivity contribution in [2.45, 2.75) is 13.3 Å². The van der Waals surface area contributed by atoms with Crippen LogP contribution >= 0.6 is 0 Å². The van der Waals surface area contributed by atoms with E-state index < -0.39 is 0 Å². The summed E-state index contributed by atoms with van der Waals surface area (Å²) in [6, 6.07) is 13.1. The zero-order valence-corrected chi connectivity index (χ0v) is 13.0. The van der Waals surface area contributed by atoms with Crippen LogP contribution in [0.25, 0.3) is 5.57 Å². The smallest absolute Gasteiger partial charge is 0.143 e. The molecule has 0 aliphatic heterocycles. The molecular formula is C18H21N3O. The maximum absolute atomic E-state index is 9.87. The summed E-state index contributed by atoms with van der Waals surface area (Å²) in [6.45, 7) is 6.74. The second-order valence-electron chi connectivity index (χ2n) is 5.20. The van der Waals surface area contributed by atoms with Crippen molar-refractivity contribution in [2.75, 3.05) is 13.6 Å². The van der Waals surface area contributed by atoms with E-state index in [1.165, 1.54) is 0 Å². The standard InChI is InChI=1S/C18H21N3O/c1-13(2)15-5-7-16(8-6-15)20-21-17-12-14(10-11-19-3)4-9-18(17)22/h4-9,12,19,22H,1,10-11H2,2-3H3/b21-20+. The highest BCUT2D eigenvalue weighted by molar-refractivity contribution is 5.63. The molecule has 0 radical (unpaired) electrons. The van der Waals surface area contributed by atoms with Crippen molar-refractivity contribution < 1.29 is 5.11 Å². The normalized spacial score (nSPS) is 11.0. The molecule has 2 N–H and O–H groups in total. The lowest BCUT2D eigenvalue weighted by molar-refractivity contribution is 0.476. The lowest BCUT2D eigenvalue weighted by Crippen LogP contribution is -2.10. The molecule has 0 unspecified atom stereocenters. The van der Waals surface area contributed by atoms with Crippen molar-refractivity contribution >= 4 is 16.9 Å². The molecular weight excluding hydrogens is 274 g/mol. The molecule has 0 fully saturated rings. The minimum Gasteiger partial charge on any atom is -0.506 e. The van der Waals surface area contributed by atoms with Crippen molar-refractivity contribution in [1.82, 2.24) is 5.32 Å². The third-order valence-electron chi connectivity index (χ3n) is 3.34. The molecule has 4 heteroatoms. The van der Waals surface area contributed by atoms with E-state index in [0.717, 1.165) is 35.4 Å². The fourth-order valence-corrected chi connectivity index (χ4v) is 2.00. The van der Waals surface area contributed by atoms with Crippen LogP contribution in [0.1, 0.15) is 18.1 Å². The second kappa shape index (κ2) is 7.52. The van der Waals surface area contributed by atoms with Gasteiger partial charge in [-0.3, -0.25) is 0 Å². The van der Waals surface area contributed by atoms with E-state index in [0.29, 0.717) is 5.69 Å². The summed E-state index contributed by atoms with van der Waals surface area (Å²) >= 11 is 0. The van der Waals surface area contributed by atoms with Gasteiger partial charge in [-0.1, -0.05) is 30.4 Å². The maximum Gasteiger partial charge on any atom is 0.143 e. The number of allylic oxidation sites excluding steroid dienone is 1. The predicted molar refractivity (Wildman–Crippen MR) is 91.1 cm³/mol. The summed E-state index contributed by atoms with van der Waals surface area (Å²) in [4.78, 5) is 0. The van der Waals surface area contributed by atoms with Gasteiger partial charge in [0.15, 0.2) is 0 Å². The van der Waals surface area contributed by atoms with E-state index in [1.54, 1.807) is 6.07 Å². The van der Waals surface area contributed by atoms with Crippen LogP contribution in [0.2, 0.25) is 0 Å². The predicted octanol–water partition coefficient (Wildman–Crippen LogP) is 4.60. The lowest BCUT2D eigenvalue weighted by Gasteiger charge is -2.04. The van der Waals surface area contributed by atoms with Gasteiger partial charge in [0, 0.05) is 0 Å². The van der Waals surface area contributed by atoms with Gasteiger partial charge in [0.25, 0.3) is 0 Å². The van der Waals surface area contributed by atoms with E-state index in [4.69, 9.17) is 0 Å². The van der Waals surface area contributed by atoms with Crippen LogP contribution < -0.4 is 5.32 Å². The number of hydrogen-bond acceptors (Lipinski definition) is 4. The van der Waals surface area contributed by atoms with Gasteiger partial charge in [-0.15, -0.1) is 5.11 Å². The highest BCUT2D eigenvalue weighted by Gasteiger charge is 2.02. The largest absolute Gasteiger partial charge is 0.506 e. The van der Waals surface area contributed by atoms with Gasteiger partial charge in [0.2, 0.25) is 0 Å². The highest BCUT2D eigenvalue weighted by atomic mass is 16.3. The van der Waals surface area contributed by atoms with Crippen LogP contribution in [0.15, 0.2) is 59.3 Å². The molecule has 0 heterocycles. The molecule has 4 nitrogen and oxygen atoms in total. The first-order valence-corrected chi connectivity index (χ1v) is 7.24. The van der Waals surface area contributed by atoms with E-state index in [-0.39, 0.29) is 5.75 Å². The average Bonchev–Trinajstić information content (AvgIpc) is 2.53. The van der Waals surface area contributed by atoms with E-state index in [9.17, 15) is 5.11 Å². The minimum absolute atomic E-state index is 0.135. The molecule has 114 valence electrons. The van der Waals surface area contributed by atoms with E-state index in [1.807, 2.05) is 50.4 Å². The van der Waals surface area contributed by atoms with Crippen LogP contribution in [-0.2, 0) is 6.42 Å². The van der Waals surface area contributed by atoms with Crippen molar-refractivity contribution in [3.63, 3.8) is 0 Å². The molecule has 0 aliphatic rings. The molecule has 0 aromatic heterocycles. The number of likely N-dealkylation sites (N-methyl/N-ethyl adjacent to an activating group) is 1. The fourth-order valence-electron chi connectivity index (χ4n) is 2.00. The van der Waals surface area contributed by atoms with E-state index >= 15 is 0 Å². The Kier molecular flexibility index (Phi) is 5.44. The second-order valence-corrected chi connectivity index (χ2v) is 5.20. The van der Waals surface area contributed by atoms with Crippen LogP contribution in [0.5, 0.6) is 5.75 Å². The molecule has 2 aromatic carbocycles. The highest BCUT2D eigenvalue weighted by Crippen LogP contribution is 2.29. The van der Waals surface area contributed by atoms with Crippen molar-refractivity contribution in [1.29, 1.82) is 0 Å². The zero-order chi connectivity index (χ0) is 15.9. The number of phenols is 1. The van der Waals surface area contributed by atoms with Crippen LogP contribution in [0, 0.1) is 0 Å². The number of hydrogen-bond donors (Lipinski definition) is 2. The van der Waals surface area contributed by atoms with Crippen molar-refractivity contribution in [2.24, 2.45) is 10.2 Å². The van der Waals surface area contributed by atoms with Gasteiger partial charge in [0.05, 0.1) is 5.69 Å². The van der Waals surface area contributed by atoms with Gasteiger partial charge in [-0.2, -0.15) is 5.11 Å². The topological polar surface area (TPSA) is 57.0 Å². The Hall–Kier alpha value is -2.46. The SMILES string of the molecule is C=C(C)c1ccc(/N=N/c2cc(CCNC)ccc2O)cc1. The number of rotatable bonds is 6. The monoisotopic (exact) mass is 295 g/mol. The molecule has 0 bridgehead atoms.